The minimum Gasteiger partial charge on any atom is -0.324 e. The Balaban J connectivity index is 2.63. The van der Waals surface area contributed by atoms with Gasteiger partial charge in [0, 0.05) is 18.2 Å². The Morgan fingerprint density at radius 1 is 1.36 bits per heavy atom. The lowest BCUT2D eigenvalue weighted by molar-refractivity contribution is 0.621. The van der Waals surface area contributed by atoms with Gasteiger partial charge in [-0.3, -0.25) is 4.98 Å². The maximum atomic E-state index is 6.11. The maximum Gasteiger partial charge on any atom is 0.0667 e. The summed E-state index contributed by atoms with van der Waals surface area (Å²) in [5, 5.41) is 0. The summed E-state index contributed by atoms with van der Waals surface area (Å²) in [5.74, 6) is 0.378. The van der Waals surface area contributed by atoms with Crippen molar-refractivity contribution in [3.8, 4) is 0 Å². The molecule has 1 aliphatic rings. The van der Waals surface area contributed by atoms with E-state index in [1.807, 2.05) is 6.20 Å². The molecule has 1 aromatic rings. The Morgan fingerprint density at radius 3 is 2.79 bits per heavy atom. The molecule has 2 heteroatoms. The first-order chi connectivity index (χ1) is 6.61. The summed E-state index contributed by atoms with van der Waals surface area (Å²) in [4.78, 5) is 4.38. The first-order valence-electron chi connectivity index (χ1n) is 5.00. The fraction of sp³-hybridized carbons (Fsp3) is 0.417. The molecule has 0 aromatic carbocycles. The lowest BCUT2D eigenvalue weighted by atomic mass is 9.81. The highest BCUT2D eigenvalue weighted by molar-refractivity contribution is 5.60. The quantitative estimate of drug-likeness (QED) is 0.678. The molecule has 0 spiro atoms. The van der Waals surface area contributed by atoms with Crippen molar-refractivity contribution in [1.82, 2.24) is 4.98 Å². The summed E-state index contributed by atoms with van der Waals surface area (Å²) in [6.07, 6.45) is 3.97. The van der Waals surface area contributed by atoms with E-state index in [-0.39, 0.29) is 6.04 Å². The number of nitrogens with two attached hydrogens (primary N) is 1. The van der Waals surface area contributed by atoms with Crippen LogP contribution in [0.5, 0.6) is 0 Å². The summed E-state index contributed by atoms with van der Waals surface area (Å²) in [5.41, 5.74) is 11.0. The van der Waals surface area contributed by atoms with Gasteiger partial charge in [-0.15, -0.1) is 0 Å². The Kier molecular flexibility index (Phi) is 2.16. The van der Waals surface area contributed by atoms with Crippen molar-refractivity contribution in [3.05, 3.63) is 34.7 Å². The van der Waals surface area contributed by atoms with E-state index >= 15 is 0 Å². The van der Waals surface area contributed by atoms with Gasteiger partial charge in [-0.2, -0.15) is 0 Å². The van der Waals surface area contributed by atoms with Gasteiger partial charge < -0.3 is 5.73 Å². The number of aryl methyl sites for hydroxylation is 1. The smallest absolute Gasteiger partial charge is 0.0667 e. The van der Waals surface area contributed by atoms with Crippen LogP contribution in [0, 0.1) is 6.92 Å². The van der Waals surface area contributed by atoms with Crippen molar-refractivity contribution in [2.24, 2.45) is 5.73 Å². The number of pyridine rings is 1. The van der Waals surface area contributed by atoms with Crippen LogP contribution < -0.4 is 5.73 Å². The molecule has 0 amide bonds. The molecule has 2 unspecified atom stereocenters. The van der Waals surface area contributed by atoms with E-state index in [1.54, 1.807) is 0 Å². The van der Waals surface area contributed by atoms with Crippen molar-refractivity contribution in [2.45, 2.75) is 32.7 Å². The molecule has 0 saturated carbocycles. The molecular formula is C12H16N2. The monoisotopic (exact) mass is 188 g/mol. The second kappa shape index (κ2) is 3.21. The van der Waals surface area contributed by atoms with E-state index < -0.39 is 0 Å². The highest BCUT2D eigenvalue weighted by atomic mass is 14.7. The fourth-order valence-corrected chi connectivity index (χ4v) is 2.18. The molecule has 1 aromatic heterocycles. The highest BCUT2D eigenvalue weighted by Gasteiger charge is 2.25. The van der Waals surface area contributed by atoms with E-state index in [0.29, 0.717) is 5.92 Å². The molecule has 0 aliphatic heterocycles. The average molecular weight is 188 g/mol. The standard InChI is InChI=1S/C12H16N2/c1-7-4-5-14-10-6-8(2)12(13)9(3)11(7)10/h4-6,9,12H,13H2,1-3H3. The van der Waals surface area contributed by atoms with E-state index in [0.717, 1.165) is 5.69 Å². The van der Waals surface area contributed by atoms with Gasteiger partial charge in [0.25, 0.3) is 0 Å². The van der Waals surface area contributed by atoms with Crippen LogP contribution in [0.3, 0.4) is 0 Å². The predicted molar refractivity (Wildman–Crippen MR) is 59.0 cm³/mol. The molecule has 0 bridgehead atoms. The largest absolute Gasteiger partial charge is 0.324 e. The third-order valence-corrected chi connectivity index (χ3v) is 3.12. The number of hydrogen-bond acceptors (Lipinski definition) is 2. The van der Waals surface area contributed by atoms with E-state index in [4.69, 9.17) is 5.73 Å². The summed E-state index contributed by atoms with van der Waals surface area (Å²) in [6.45, 7) is 6.38. The van der Waals surface area contributed by atoms with Crippen molar-refractivity contribution in [3.63, 3.8) is 0 Å². The van der Waals surface area contributed by atoms with Crippen LogP contribution in [0.2, 0.25) is 0 Å². The average Bonchev–Trinajstić information content (AvgIpc) is 2.14. The third-order valence-electron chi connectivity index (χ3n) is 3.12. The molecular weight excluding hydrogens is 172 g/mol. The number of nitrogens with zero attached hydrogens (tertiary/aromatic N) is 1. The minimum atomic E-state index is 0.144. The van der Waals surface area contributed by atoms with Crippen molar-refractivity contribution < 1.29 is 0 Å². The molecule has 2 nitrogen and oxygen atoms in total. The predicted octanol–water partition coefficient (Wildman–Crippen LogP) is 2.24. The minimum absolute atomic E-state index is 0.144. The number of fused-ring (bicyclic) bond motifs is 1. The van der Waals surface area contributed by atoms with Gasteiger partial charge in [-0.1, -0.05) is 12.5 Å². The number of hydrogen-bond donors (Lipinski definition) is 1. The van der Waals surface area contributed by atoms with Crippen LogP contribution in [0.15, 0.2) is 17.8 Å². The highest BCUT2D eigenvalue weighted by Crippen LogP contribution is 2.33. The van der Waals surface area contributed by atoms with Gasteiger partial charge >= 0.3 is 0 Å². The van der Waals surface area contributed by atoms with Crippen LogP contribution in [0.1, 0.15) is 36.6 Å². The van der Waals surface area contributed by atoms with Gasteiger partial charge in [-0.05, 0) is 37.1 Å². The number of aromatic nitrogens is 1. The zero-order valence-corrected chi connectivity index (χ0v) is 8.91. The third kappa shape index (κ3) is 1.26. The van der Waals surface area contributed by atoms with Crippen molar-refractivity contribution >= 4 is 6.08 Å². The lowest BCUT2D eigenvalue weighted by Gasteiger charge is -2.28. The first-order valence-corrected chi connectivity index (χ1v) is 5.00. The van der Waals surface area contributed by atoms with Crippen LogP contribution in [-0.4, -0.2) is 11.0 Å². The topological polar surface area (TPSA) is 38.9 Å². The second-order valence-corrected chi connectivity index (χ2v) is 4.13. The molecule has 2 atom stereocenters. The molecule has 14 heavy (non-hydrogen) atoms. The van der Waals surface area contributed by atoms with Crippen LogP contribution >= 0.6 is 0 Å². The van der Waals surface area contributed by atoms with Gasteiger partial charge in [-0.25, -0.2) is 0 Å². The molecule has 2 N–H and O–H groups in total. The van der Waals surface area contributed by atoms with Gasteiger partial charge in [0.15, 0.2) is 0 Å². The zero-order chi connectivity index (χ0) is 10.3. The van der Waals surface area contributed by atoms with Gasteiger partial charge in [0.05, 0.1) is 5.69 Å². The Bertz CT molecular complexity index is 393. The SMILES string of the molecule is CC1=Cc2nccc(C)c2C(C)C1N. The maximum absolute atomic E-state index is 6.11. The molecule has 1 heterocycles. The summed E-state index contributed by atoms with van der Waals surface area (Å²) in [7, 11) is 0. The van der Waals surface area contributed by atoms with Crippen LogP contribution in [0.25, 0.3) is 6.08 Å². The first kappa shape index (κ1) is 9.41. The Morgan fingerprint density at radius 2 is 2.07 bits per heavy atom. The Hall–Kier alpha value is -1.15. The molecule has 74 valence electrons. The molecule has 1 aliphatic carbocycles. The van der Waals surface area contributed by atoms with Crippen molar-refractivity contribution in [2.75, 3.05) is 0 Å². The molecule has 0 radical (unpaired) electrons. The van der Waals surface area contributed by atoms with E-state index in [2.05, 4.69) is 37.9 Å². The second-order valence-electron chi connectivity index (χ2n) is 4.13. The van der Waals surface area contributed by atoms with Gasteiger partial charge in [0.2, 0.25) is 0 Å². The summed E-state index contributed by atoms with van der Waals surface area (Å²) < 4.78 is 0. The molecule has 2 rings (SSSR count). The molecule has 0 saturated heterocycles. The molecule has 0 fully saturated rings. The van der Waals surface area contributed by atoms with Gasteiger partial charge in [0.1, 0.15) is 0 Å². The van der Waals surface area contributed by atoms with E-state index in [1.165, 1.54) is 16.7 Å². The Labute approximate surface area is 84.9 Å². The normalized spacial score (nSPS) is 25.6. The van der Waals surface area contributed by atoms with Crippen LogP contribution in [-0.2, 0) is 0 Å². The van der Waals surface area contributed by atoms with Crippen LogP contribution in [0.4, 0.5) is 0 Å². The fourth-order valence-electron chi connectivity index (χ4n) is 2.18. The number of rotatable bonds is 0. The lowest BCUT2D eigenvalue weighted by Crippen LogP contribution is -2.31. The van der Waals surface area contributed by atoms with E-state index in [9.17, 15) is 0 Å². The summed E-state index contributed by atoms with van der Waals surface area (Å²) >= 11 is 0. The van der Waals surface area contributed by atoms with Crippen molar-refractivity contribution in [1.29, 1.82) is 0 Å². The zero-order valence-electron chi connectivity index (χ0n) is 8.91. The summed E-state index contributed by atoms with van der Waals surface area (Å²) in [6, 6.07) is 2.20.